The fraction of sp³-hybridized carbons (Fsp3) is 0.538. The van der Waals surface area contributed by atoms with E-state index in [1.807, 2.05) is 6.07 Å². The molecule has 2 N–H and O–H groups in total. The Bertz CT molecular complexity index is 453. The summed E-state index contributed by atoms with van der Waals surface area (Å²) in [5, 5.41) is 0. The highest BCUT2D eigenvalue weighted by molar-refractivity contribution is 9.10. The molecule has 0 radical (unpaired) electrons. The van der Waals surface area contributed by atoms with Crippen molar-refractivity contribution in [2.45, 2.75) is 37.3 Å². The number of methoxy groups -OCH3 is 1. The number of hydrogen-bond donors (Lipinski definition) is 1. The lowest BCUT2D eigenvalue weighted by Crippen LogP contribution is -2.20. The van der Waals surface area contributed by atoms with Gasteiger partial charge in [-0.25, -0.2) is 0 Å². The van der Waals surface area contributed by atoms with Crippen molar-refractivity contribution in [1.82, 2.24) is 0 Å². The van der Waals surface area contributed by atoms with Crippen LogP contribution in [0.5, 0.6) is 11.5 Å². The first-order valence-electron chi connectivity index (χ1n) is 5.96. The van der Waals surface area contributed by atoms with Gasteiger partial charge < -0.3 is 15.2 Å². The number of benzene rings is 1. The lowest BCUT2D eigenvalue weighted by Gasteiger charge is -2.19. The van der Waals surface area contributed by atoms with E-state index in [4.69, 9.17) is 15.2 Å². The Balaban J connectivity index is 2.05. The average molecular weight is 298 g/mol. The molecule has 0 aromatic heterocycles. The van der Waals surface area contributed by atoms with E-state index in [9.17, 15) is 0 Å². The van der Waals surface area contributed by atoms with Crippen molar-refractivity contribution >= 4 is 15.9 Å². The summed E-state index contributed by atoms with van der Waals surface area (Å²) < 4.78 is 12.4. The first kappa shape index (κ1) is 11.4. The maximum atomic E-state index is 6.30. The first-order chi connectivity index (χ1) is 8.12. The van der Waals surface area contributed by atoms with E-state index >= 15 is 0 Å². The molecule has 1 aromatic carbocycles. The molecule has 0 heterocycles. The van der Waals surface area contributed by atoms with Crippen molar-refractivity contribution in [3.8, 4) is 11.5 Å². The maximum absolute atomic E-state index is 6.30. The van der Waals surface area contributed by atoms with E-state index in [0.29, 0.717) is 6.10 Å². The van der Waals surface area contributed by atoms with Gasteiger partial charge in [-0.1, -0.05) is 15.9 Å². The van der Waals surface area contributed by atoms with Crippen LogP contribution >= 0.6 is 15.9 Å². The third-order valence-corrected chi connectivity index (χ3v) is 3.83. The minimum Gasteiger partial charge on any atom is -0.493 e. The number of ether oxygens (including phenoxy) is 2. The molecule has 0 atom stereocenters. The van der Waals surface area contributed by atoms with E-state index in [2.05, 4.69) is 22.0 Å². The molecule has 17 heavy (non-hydrogen) atoms. The van der Waals surface area contributed by atoms with Crippen LogP contribution in [0, 0.1) is 0 Å². The van der Waals surface area contributed by atoms with Crippen LogP contribution in [0.15, 0.2) is 16.6 Å². The van der Waals surface area contributed by atoms with Gasteiger partial charge in [0.15, 0.2) is 11.5 Å². The SMILES string of the molecule is COc1cc(Br)cc(C2(N)CC2)c1OC1CC1. The van der Waals surface area contributed by atoms with Crippen LogP contribution in [-0.4, -0.2) is 13.2 Å². The molecule has 2 aliphatic rings. The summed E-state index contributed by atoms with van der Waals surface area (Å²) in [6, 6.07) is 4.00. The summed E-state index contributed by atoms with van der Waals surface area (Å²) in [6.45, 7) is 0. The normalized spacial score (nSPS) is 21.1. The van der Waals surface area contributed by atoms with Crippen molar-refractivity contribution in [2.75, 3.05) is 7.11 Å². The molecular formula is C13H16BrNO2. The quantitative estimate of drug-likeness (QED) is 0.929. The van der Waals surface area contributed by atoms with E-state index in [1.54, 1.807) is 7.11 Å². The highest BCUT2D eigenvalue weighted by atomic mass is 79.9. The third-order valence-electron chi connectivity index (χ3n) is 3.37. The third kappa shape index (κ3) is 2.16. The second-order valence-electron chi connectivity index (χ2n) is 4.96. The number of halogens is 1. The van der Waals surface area contributed by atoms with Crippen LogP contribution in [0.2, 0.25) is 0 Å². The molecule has 0 bridgehead atoms. The van der Waals surface area contributed by atoms with Gasteiger partial charge in [0.05, 0.1) is 13.2 Å². The highest BCUT2D eigenvalue weighted by Crippen LogP contribution is 2.51. The zero-order valence-electron chi connectivity index (χ0n) is 9.83. The summed E-state index contributed by atoms with van der Waals surface area (Å²) in [5.74, 6) is 1.62. The Morgan fingerprint density at radius 3 is 2.59 bits per heavy atom. The lowest BCUT2D eigenvalue weighted by molar-refractivity contribution is 0.276. The van der Waals surface area contributed by atoms with Crippen LogP contribution in [0.4, 0.5) is 0 Å². The summed E-state index contributed by atoms with van der Waals surface area (Å²) in [6.07, 6.45) is 4.67. The predicted octanol–water partition coefficient (Wildman–Crippen LogP) is 2.95. The van der Waals surface area contributed by atoms with Crippen LogP contribution in [0.25, 0.3) is 0 Å². The van der Waals surface area contributed by atoms with Crippen LogP contribution in [0.1, 0.15) is 31.2 Å². The van der Waals surface area contributed by atoms with Crippen molar-refractivity contribution in [2.24, 2.45) is 5.73 Å². The van der Waals surface area contributed by atoms with Gasteiger partial charge in [0.2, 0.25) is 0 Å². The molecule has 92 valence electrons. The molecule has 3 nitrogen and oxygen atoms in total. The minimum atomic E-state index is -0.207. The molecule has 2 aliphatic carbocycles. The number of hydrogen-bond acceptors (Lipinski definition) is 3. The van der Waals surface area contributed by atoms with Gasteiger partial charge >= 0.3 is 0 Å². The van der Waals surface area contributed by atoms with Crippen LogP contribution in [0.3, 0.4) is 0 Å². The highest BCUT2D eigenvalue weighted by Gasteiger charge is 2.44. The Kier molecular flexibility index (Phi) is 2.60. The monoisotopic (exact) mass is 297 g/mol. The molecule has 1 aromatic rings. The zero-order valence-corrected chi connectivity index (χ0v) is 11.4. The average Bonchev–Trinajstić information content (AvgIpc) is 3.19. The van der Waals surface area contributed by atoms with Gasteiger partial charge in [-0.3, -0.25) is 0 Å². The van der Waals surface area contributed by atoms with Crippen molar-refractivity contribution in [3.63, 3.8) is 0 Å². The van der Waals surface area contributed by atoms with E-state index in [1.165, 1.54) is 0 Å². The standard InChI is InChI=1S/C13H16BrNO2/c1-16-11-7-8(14)6-10(13(15)4-5-13)12(11)17-9-2-3-9/h6-7,9H,2-5,15H2,1H3. The summed E-state index contributed by atoms with van der Waals surface area (Å²) in [7, 11) is 1.67. The molecule has 0 aliphatic heterocycles. The Morgan fingerprint density at radius 2 is 2.06 bits per heavy atom. The van der Waals surface area contributed by atoms with Crippen LogP contribution < -0.4 is 15.2 Å². The number of rotatable bonds is 4. The van der Waals surface area contributed by atoms with Crippen molar-refractivity contribution in [1.29, 1.82) is 0 Å². The second kappa shape index (κ2) is 3.89. The summed E-state index contributed by atoms with van der Waals surface area (Å²) in [4.78, 5) is 0. The van der Waals surface area contributed by atoms with Crippen molar-refractivity contribution in [3.05, 3.63) is 22.2 Å². The Morgan fingerprint density at radius 1 is 1.35 bits per heavy atom. The summed E-state index contributed by atoms with van der Waals surface area (Å²) in [5.41, 5.74) is 7.17. The molecule has 0 spiro atoms. The molecular weight excluding hydrogens is 282 g/mol. The molecule has 4 heteroatoms. The van der Waals surface area contributed by atoms with E-state index < -0.39 is 0 Å². The minimum absolute atomic E-state index is 0.207. The van der Waals surface area contributed by atoms with Gasteiger partial charge in [-0.05, 0) is 37.8 Å². The second-order valence-corrected chi connectivity index (χ2v) is 5.87. The van der Waals surface area contributed by atoms with Crippen molar-refractivity contribution < 1.29 is 9.47 Å². The maximum Gasteiger partial charge on any atom is 0.166 e. The molecule has 0 unspecified atom stereocenters. The zero-order chi connectivity index (χ0) is 12.0. The lowest BCUT2D eigenvalue weighted by atomic mass is 10.0. The fourth-order valence-corrected chi connectivity index (χ4v) is 2.41. The molecule has 2 fully saturated rings. The van der Waals surface area contributed by atoms with Gasteiger partial charge in [-0.2, -0.15) is 0 Å². The van der Waals surface area contributed by atoms with E-state index in [-0.39, 0.29) is 5.54 Å². The largest absolute Gasteiger partial charge is 0.493 e. The Labute approximate surface area is 109 Å². The van der Waals surface area contributed by atoms with Gasteiger partial charge in [0, 0.05) is 15.6 Å². The molecule has 0 amide bonds. The molecule has 2 saturated carbocycles. The topological polar surface area (TPSA) is 44.5 Å². The van der Waals surface area contributed by atoms with E-state index in [0.717, 1.165) is 47.2 Å². The smallest absolute Gasteiger partial charge is 0.166 e. The van der Waals surface area contributed by atoms with Crippen LogP contribution in [-0.2, 0) is 5.54 Å². The summed E-state index contributed by atoms with van der Waals surface area (Å²) >= 11 is 3.50. The first-order valence-corrected chi connectivity index (χ1v) is 6.75. The van der Waals surface area contributed by atoms with Gasteiger partial charge in [0.1, 0.15) is 0 Å². The fourth-order valence-electron chi connectivity index (χ4n) is 1.97. The van der Waals surface area contributed by atoms with Gasteiger partial charge in [-0.15, -0.1) is 0 Å². The Hall–Kier alpha value is -0.740. The molecule has 3 rings (SSSR count). The predicted molar refractivity (Wildman–Crippen MR) is 69.4 cm³/mol. The molecule has 0 saturated heterocycles. The number of nitrogens with two attached hydrogens (primary N) is 1. The van der Waals surface area contributed by atoms with Gasteiger partial charge in [0.25, 0.3) is 0 Å².